The standard InChI is InChI=1S/C20H29F3N4O3/c1-3-30-19(28)27-9-4-5-15(8-12-27)26-10-6-14(7-11-26)17-16(29-2)13-24-18(25-17)20(21,22)23/h13-15H,3-12H2,1-2H3. The Balaban J connectivity index is 1.60. The quantitative estimate of drug-likeness (QED) is 0.726. The molecule has 1 aromatic rings. The summed E-state index contributed by atoms with van der Waals surface area (Å²) in [4.78, 5) is 23.3. The lowest BCUT2D eigenvalue weighted by molar-refractivity contribution is -0.145. The number of ether oxygens (including phenoxy) is 2. The molecule has 10 heteroatoms. The van der Waals surface area contributed by atoms with E-state index in [4.69, 9.17) is 9.47 Å². The lowest BCUT2D eigenvalue weighted by Gasteiger charge is -2.37. The molecule has 0 aliphatic carbocycles. The van der Waals surface area contributed by atoms with E-state index in [9.17, 15) is 18.0 Å². The fourth-order valence-electron chi connectivity index (χ4n) is 4.35. The van der Waals surface area contributed by atoms with Gasteiger partial charge in [-0.15, -0.1) is 0 Å². The monoisotopic (exact) mass is 430 g/mol. The molecule has 0 bridgehead atoms. The molecular formula is C20H29F3N4O3. The maximum atomic E-state index is 13.0. The fourth-order valence-corrected chi connectivity index (χ4v) is 4.35. The summed E-state index contributed by atoms with van der Waals surface area (Å²) in [7, 11) is 1.42. The highest BCUT2D eigenvalue weighted by Gasteiger charge is 2.37. The first-order valence-corrected chi connectivity index (χ1v) is 10.5. The normalized spacial score (nSPS) is 21.9. The van der Waals surface area contributed by atoms with E-state index in [1.807, 2.05) is 0 Å². The first kappa shape index (κ1) is 22.6. The zero-order chi connectivity index (χ0) is 21.7. The Morgan fingerprint density at radius 3 is 2.53 bits per heavy atom. The van der Waals surface area contributed by atoms with Gasteiger partial charge in [-0.1, -0.05) is 0 Å². The molecule has 0 radical (unpaired) electrons. The Kier molecular flexibility index (Phi) is 7.38. The number of methoxy groups -OCH3 is 1. The van der Waals surface area contributed by atoms with E-state index in [2.05, 4.69) is 14.9 Å². The van der Waals surface area contributed by atoms with Gasteiger partial charge in [-0.2, -0.15) is 13.2 Å². The second-order valence-electron chi connectivity index (χ2n) is 7.73. The molecule has 168 valence electrons. The molecule has 2 saturated heterocycles. The topological polar surface area (TPSA) is 67.8 Å². The molecule has 0 aromatic carbocycles. The van der Waals surface area contributed by atoms with E-state index < -0.39 is 12.0 Å². The van der Waals surface area contributed by atoms with Crippen molar-refractivity contribution in [1.29, 1.82) is 0 Å². The Morgan fingerprint density at radius 1 is 1.17 bits per heavy atom. The molecule has 1 aromatic heterocycles. The van der Waals surface area contributed by atoms with Crippen LogP contribution in [0.1, 0.15) is 56.5 Å². The van der Waals surface area contributed by atoms with Crippen molar-refractivity contribution in [2.45, 2.75) is 57.2 Å². The molecule has 1 amide bonds. The SMILES string of the molecule is CCOC(=O)N1CCCC(N2CCC(c3nc(C(F)(F)F)ncc3OC)CC2)CC1. The molecule has 1 unspecified atom stereocenters. The number of hydrogen-bond acceptors (Lipinski definition) is 6. The van der Waals surface area contributed by atoms with Gasteiger partial charge < -0.3 is 19.3 Å². The summed E-state index contributed by atoms with van der Waals surface area (Å²) in [6.07, 6.45) is 0.491. The molecule has 2 fully saturated rings. The van der Waals surface area contributed by atoms with E-state index in [0.29, 0.717) is 50.0 Å². The third kappa shape index (κ3) is 5.33. The van der Waals surface area contributed by atoms with Crippen molar-refractivity contribution in [2.75, 3.05) is 39.9 Å². The van der Waals surface area contributed by atoms with Crippen molar-refractivity contribution in [1.82, 2.24) is 19.8 Å². The second kappa shape index (κ2) is 9.80. The van der Waals surface area contributed by atoms with Gasteiger partial charge in [0.05, 0.1) is 25.6 Å². The van der Waals surface area contributed by atoms with Crippen LogP contribution in [0.25, 0.3) is 0 Å². The molecule has 0 saturated carbocycles. The average Bonchev–Trinajstić information content (AvgIpc) is 2.99. The Morgan fingerprint density at radius 2 is 1.90 bits per heavy atom. The number of amides is 1. The number of aromatic nitrogens is 2. The minimum absolute atomic E-state index is 0.0953. The highest BCUT2D eigenvalue weighted by Crippen LogP contribution is 2.36. The van der Waals surface area contributed by atoms with Crippen LogP contribution in [0.3, 0.4) is 0 Å². The summed E-state index contributed by atoms with van der Waals surface area (Å²) in [5.41, 5.74) is 0.342. The Hall–Kier alpha value is -2.10. The van der Waals surface area contributed by atoms with Crippen molar-refractivity contribution < 1.29 is 27.4 Å². The number of likely N-dealkylation sites (tertiary alicyclic amines) is 2. The van der Waals surface area contributed by atoms with E-state index in [1.165, 1.54) is 7.11 Å². The van der Waals surface area contributed by atoms with Crippen molar-refractivity contribution in [2.24, 2.45) is 0 Å². The molecule has 3 heterocycles. The van der Waals surface area contributed by atoms with E-state index >= 15 is 0 Å². The first-order valence-electron chi connectivity index (χ1n) is 10.5. The predicted molar refractivity (Wildman–Crippen MR) is 103 cm³/mol. The fraction of sp³-hybridized carbons (Fsp3) is 0.750. The van der Waals surface area contributed by atoms with E-state index in [1.54, 1.807) is 11.8 Å². The zero-order valence-corrected chi connectivity index (χ0v) is 17.5. The minimum atomic E-state index is -4.58. The maximum Gasteiger partial charge on any atom is 0.451 e. The van der Waals surface area contributed by atoms with Crippen molar-refractivity contribution in [3.05, 3.63) is 17.7 Å². The van der Waals surface area contributed by atoms with Gasteiger partial charge in [0, 0.05) is 25.0 Å². The first-order chi connectivity index (χ1) is 14.3. The number of rotatable bonds is 4. The summed E-state index contributed by atoms with van der Waals surface area (Å²) in [6.45, 7) is 5.09. The summed E-state index contributed by atoms with van der Waals surface area (Å²) < 4.78 is 49.5. The van der Waals surface area contributed by atoms with Crippen LogP contribution in [-0.2, 0) is 10.9 Å². The van der Waals surface area contributed by atoms with Crippen LogP contribution in [0.15, 0.2) is 6.20 Å². The third-order valence-corrected chi connectivity index (χ3v) is 5.91. The van der Waals surface area contributed by atoms with Gasteiger partial charge in [0.15, 0.2) is 5.75 Å². The van der Waals surface area contributed by atoms with E-state index in [-0.39, 0.29) is 12.0 Å². The molecule has 1 atom stereocenters. The van der Waals surface area contributed by atoms with Gasteiger partial charge in [-0.25, -0.2) is 14.8 Å². The molecule has 3 rings (SSSR count). The largest absolute Gasteiger partial charge is 0.493 e. The van der Waals surface area contributed by atoms with Gasteiger partial charge in [0.1, 0.15) is 0 Å². The highest BCUT2D eigenvalue weighted by atomic mass is 19.4. The predicted octanol–water partition coefficient (Wildman–Crippen LogP) is 3.69. The number of carbonyl (C=O) groups excluding carboxylic acids is 1. The van der Waals surface area contributed by atoms with Crippen LogP contribution in [-0.4, -0.2) is 71.8 Å². The molecule has 0 N–H and O–H groups in total. The van der Waals surface area contributed by atoms with Gasteiger partial charge in [0.2, 0.25) is 5.82 Å². The molecule has 2 aliphatic heterocycles. The molecular weight excluding hydrogens is 401 g/mol. The van der Waals surface area contributed by atoms with Gasteiger partial charge in [-0.05, 0) is 52.1 Å². The van der Waals surface area contributed by atoms with Crippen LogP contribution in [0, 0.1) is 0 Å². The zero-order valence-electron chi connectivity index (χ0n) is 17.5. The third-order valence-electron chi connectivity index (χ3n) is 5.91. The summed E-state index contributed by atoms with van der Waals surface area (Å²) in [6, 6.07) is 0.364. The number of halogens is 3. The minimum Gasteiger partial charge on any atom is -0.493 e. The molecule has 0 spiro atoms. The van der Waals surface area contributed by atoms with Crippen LogP contribution in [0.4, 0.5) is 18.0 Å². The van der Waals surface area contributed by atoms with Crippen molar-refractivity contribution in [3.63, 3.8) is 0 Å². The lowest BCUT2D eigenvalue weighted by atomic mass is 9.91. The Bertz CT molecular complexity index is 724. The smallest absolute Gasteiger partial charge is 0.451 e. The lowest BCUT2D eigenvalue weighted by Crippen LogP contribution is -2.42. The number of hydrogen-bond donors (Lipinski definition) is 0. The molecule has 7 nitrogen and oxygen atoms in total. The van der Waals surface area contributed by atoms with Gasteiger partial charge in [0.25, 0.3) is 0 Å². The number of carbonyl (C=O) groups is 1. The highest BCUT2D eigenvalue weighted by molar-refractivity contribution is 5.67. The van der Waals surface area contributed by atoms with Gasteiger partial charge >= 0.3 is 12.3 Å². The maximum absolute atomic E-state index is 13.0. The van der Waals surface area contributed by atoms with Crippen molar-refractivity contribution >= 4 is 6.09 Å². The number of piperidine rings is 1. The van der Waals surface area contributed by atoms with Gasteiger partial charge in [-0.3, -0.25) is 0 Å². The van der Waals surface area contributed by atoms with Crippen LogP contribution in [0.5, 0.6) is 5.75 Å². The molecule has 30 heavy (non-hydrogen) atoms. The van der Waals surface area contributed by atoms with Crippen LogP contribution < -0.4 is 4.74 Å². The summed E-state index contributed by atoms with van der Waals surface area (Å²) in [5, 5.41) is 0. The average molecular weight is 430 g/mol. The summed E-state index contributed by atoms with van der Waals surface area (Å²) >= 11 is 0. The Labute approximate surface area is 174 Å². The number of nitrogens with zero attached hydrogens (tertiary/aromatic N) is 4. The second-order valence-corrected chi connectivity index (χ2v) is 7.73. The van der Waals surface area contributed by atoms with Crippen LogP contribution in [0.2, 0.25) is 0 Å². The van der Waals surface area contributed by atoms with Crippen molar-refractivity contribution in [3.8, 4) is 5.75 Å². The van der Waals surface area contributed by atoms with E-state index in [0.717, 1.165) is 38.5 Å². The molecule has 2 aliphatic rings. The number of alkyl halides is 3. The van der Waals surface area contributed by atoms with Crippen LogP contribution >= 0.6 is 0 Å². The summed E-state index contributed by atoms with van der Waals surface area (Å²) in [5.74, 6) is -0.911.